The highest BCUT2D eigenvalue weighted by Crippen LogP contribution is 2.16. The number of benzene rings is 1. The van der Waals surface area contributed by atoms with Gasteiger partial charge < -0.3 is 15.3 Å². The first-order chi connectivity index (χ1) is 9.06. The molecule has 5 heteroatoms. The lowest BCUT2D eigenvalue weighted by atomic mass is 10.2. The zero-order valence-electron chi connectivity index (χ0n) is 10.9. The highest BCUT2D eigenvalue weighted by Gasteiger charge is 2.23. The van der Waals surface area contributed by atoms with Gasteiger partial charge in [-0.25, -0.2) is 0 Å². The number of aliphatic carboxylic acids is 1. The first-order valence-corrected chi connectivity index (χ1v) is 5.98. The molecule has 1 aromatic rings. The van der Waals surface area contributed by atoms with E-state index in [9.17, 15) is 9.59 Å². The molecule has 0 bridgehead atoms. The Labute approximate surface area is 112 Å². The summed E-state index contributed by atoms with van der Waals surface area (Å²) in [6.45, 7) is 5.33. The number of carbonyl (C=O) groups excluding carboxylic acids is 1. The zero-order valence-corrected chi connectivity index (χ0v) is 10.9. The van der Waals surface area contributed by atoms with E-state index in [1.807, 2.05) is 6.07 Å². The Bertz CT molecular complexity index is 445. The van der Waals surface area contributed by atoms with Gasteiger partial charge in [-0.2, -0.15) is 0 Å². The predicted octanol–water partition coefficient (Wildman–Crippen LogP) is 1.27. The van der Waals surface area contributed by atoms with Crippen molar-refractivity contribution in [2.24, 2.45) is 0 Å². The summed E-state index contributed by atoms with van der Waals surface area (Å²) < 4.78 is 0. The van der Waals surface area contributed by atoms with Gasteiger partial charge in [0.2, 0.25) is 5.91 Å². The minimum Gasteiger partial charge on any atom is -0.480 e. The van der Waals surface area contributed by atoms with Gasteiger partial charge in [0.25, 0.3) is 0 Å². The van der Waals surface area contributed by atoms with Crippen molar-refractivity contribution in [3.63, 3.8) is 0 Å². The topological polar surface area (TPSA) is 69.6 Å². The summed E-state index contributed by atoms with van der Waals surface area (Å²) in [4.78, 5) is 24.4. The second-order valence-corrected chi connectivity index (χ2v) is 4.07. The number of carboxylic acids is 1. The molecule has 0 fully saturated rings. The predicted molar refractivity (Wildman–Crippen MR) is 74.1 cm³/mol. The molecule has 0 aliphatic rings. The minimum atomic E-state index is -0.979. The Morgan fingerprint density at radius 2 is 2.05 bits per heavy atom. The fraction of sp³-hybridized carbons (Fsp3) is 0.286. The fourth-order valence-corrected chi connectivity index (χ4v) is 1.68. The second kappa shape index (κ2) is 7.20. The lowest BCUT2D eigenvalue weighted by Crippen LogP contribution is -2.47. The standard InChI is InChI=1S/C14H18N2O3/c1-3-9-15-14(19)11(2)16(10-13(17)18)12-7-5-4-6-8-12/h3-8,11H,1,9-10H2,2H3,(H,15,19)(H,17,18). The molecule has 0 saturated heterocycles. The molecule has 19 heavy (non-hydrogen) atoms. The van der Waals surface area contributed by atoms with E-state index in [4.69, 9.17) is 5.11 Å². The quantitative estimate of drug-likeness (QED) is 0.726. The van der Waals surface area contributed by atoms with E-state index in [1.54, 1.807) is 42.2 Å². The number of hydrogen-bond acceptors (Lipinski definition) is 3. The molecule has 0 aliphatic carbocycles. The average Bonchev–Trinajstić information content (AvgIpc) is 2.42. The van der Waals surface area contributed by atoms with Crippen molar-refractivity contribution in [2.75, 3.05) is 18.0 Å². The van der Waals surface area contributed by atoms with Crippen molar-refractivity contribution < 1.29 is 14.7 Å². The summed E-state index contributed by atoms with van der Waals surface area (Å²) in [5, 5.41) is 11.6. The van der Waals surface area contributed by atoms with Crippen LogP contribution in [0.15, 0.2) is 43.0 Å². The van der Waals surface area contributed by atoms with Gasteiger partial charge >= 0.3 is 5.97 Å². The molecule has 0 aromatic heterocycles. The number of anilines is 1. The molecule has 5 nitrogen and oxygen atoms in total. The van der Waals surface area contributed by atoms with Crippen LogP contribution in [0.2, 0.25) is 0 Å². The Morgan fingerprint density at radius 1 is 1.42 bits per heavy atom. The van der Waals surface area contributed by atoms with Crippen molar-refractivity contribution in [2.45, 2.75) is 13.0 Å². The largest absolute Gasteiger partial charge is 0.480 e. The number of carbonyl (C=O) groups is 2. The van der Waals surface area contributed by atoms with Gasteiger partial charge in [-0.3, -0.25) is 9.59 Å². The van der Waals surface area contributed by atoms with Crippen molar-refractivity contribution >= 4 is 17.6 Å². The third-order valence-corrected chi connectivity index (χ3v) is 2.66. The molecule has 0 radical (unpaired) electrons. The maximum absolute atomic E-state index is 11.9. The van der Waals surface area contributed by atoms with E-state index in [1.165, 1.54) is 0 Å². The third-order valence-electron chi connectivity index (χ3n) is 2.66. The van der Waals surface area contributed by atoms with E-state index >= 15 is 0 Å². The summed E-state index contributed by atoms with van der Waals surface area (Å²) in [6.07, 6.45) is 1.58. The lowest BCUT2D eigenvalue weighted by Gasteiger charge is -2.28. The number of rotatable bonds is 7. The summed E-state index contributed by atoms with van der Waals surface area (Å²) in [6, 6.07) is 8.43. The number of para-hydroxylation sites is 1. The number of nitrogens with one attached hydrogen (secondary N) is 1. The van der Waals surface area contributed by atoms with E-state index in [2.05, 4.69) is 11.9 Å². The van der Waals surface area contributed by atoms with Crippen molar-refractivity contribution in [3.05, 3.63) is 43.0 Å². The maximum atomic E-state index is 11.9. The van der Waals surface area contributed by atoms with Gasteiger partial charge in [0.15, 0.2) is 0 Å². The summed E-state index contributed by atoms with van der Waals surface area (Å²) in [5.74, 6) is -1.21. The van der Waals surface area contributed by atoms with Crippen LogP contribution in [0.25, 0.3) is 0 Å². The van der Waals surface area contributed by atoms with E-state index in [0.717, 1.165) is 0 Å². The molecule has 2 N–H and O–H groups in total. The van der Waals surface area contributed by atoms with Gasteiger partial charge in [-0.15, -0.1) is 6.58 Å². The molecular formula is C14H18N2O3. The molecule has 1 unspecified atom stereocenters. The van der Waals surface area contributed by atoms with Crippen LogP contribution in [-0.2, 0) is 9.59 Å². The van der Waals surface area contributed by atoms with Crippen LogP contribution in [0, 0.1) is 0 Å². The van der Waals surface area contributed by atoms with Gasteiger partial charge in [0.05, 0.1) is 0 Å². The summed E-state index contributed by atoms with van der Waals surface area (Å²) in [5.41, 5.74) is 0.700. The van der Waals surface area contributed by atoms with Gasteiger partial charge in [-0.05, 0) is 19.1 Å². The molecule has 1 rings (SSSR count). The molecule has 0 heterocycles. The van der Waals surface area contributed by atoms with Crippen LogP contribution in [0.4, 0.5) is 5.69 Å². The highest BCUT2D eigenvalue weighted by molar-refractivity contribution is 5.87. The molecule has 1 amide bonds. The molecule has 1 aromatic carbocycles. The van der Waals surface area contributed by atoms with E-state index < -0.39 is 12.0 Å². The van der Waals surface area contributed by atoms with Gasteiger partial charge in [0, 0.05) is 12.2 Å². The molecule has 0 spiro atoms. The summed E-state index contributed by atoms with van der Waals surface area (Å²) >= 11 is 0. The first kappa shape index (κ1) is 14.8. The van der Waals surface area contributed by atoms with Crippen molar-refractivity contribution in [1.82, 2.24) is 5.32 Å². The first-order valence-electron chi connectivity index (χ1n) is 5.98. The zero-order chi connectivity index (χ0) is 14.3. The van der Waals surface area contributed by atoms with Crippen molar-refractivity contribution in [1.29, 1.82) is 0 Å². The van der Waals surface area contributed by atoms with Crippen LogP contribution < -0.4 is 10.2 Å². The lowest BCUT2D eigenvalue weighted by molar-refractivity contribution is -0.135. The third kappa shape index (κ3) is 4.46. The molecule has 0 saturated carbocycles. The number of nitrogens with zero attached hydrogens (tertiary/aromatic N) is 1. The normalized spacial score (nSPS) is 11.4. The van der Waals surface area contributed by atoms with Crippen LogP contribution in [0.3, 0.4) is 0 Å². The minimum absolute atomic E-state index is 0.229. The van der Waals surface area contributed by atoms with E-state index in [-0.39, 0.29) is 12.5 Å². The monoisotopic (exact) mass is 262 g/mol. The van der Waals surface area contributed by atoms with Crippen LogP contribution in [0.1, 0.15) is 6.92 Å². The molecular weight excluding hydrogens is 244 g/mol. The van der Waals surface area contributed by atoms with Gasteiger partial charge in [-0.1, -0.05) is 24.3 Å². The summed E-state index contributed by atoms with van der Waals surface area (Å²) in [7, 11) is 0. The average molecular weight is 262 g/mol. The molecule has 102 valence electrons. The Balaban J connectivity index is 2.87. The number of hydrogen-bond donors (Lipinski definition) is 2. The number of amides is 1. The number of carboxylic acid groups (broad SMARTS) is 1. The van der Waals surface area contributed by atoms with Crippen LogP contribution in [0.5, 0.6) is 0 Å². The van der Waals surface area contributed by atoms with Crippen molar-refractivity contribution in [3.8, 4) is 0 Å². The smallest absolute Gasteiger partial charge is 0.323 e. The SMILES string of the molecule is C=CCNC(=O)C(C)N(CC(=O)O)c1ccccc1. The van der Waals surface area contributed by atoms with E-state index in [0.29, 0.717) is 12.2 Å². The van der Waals surface area contributed by atoms with Crippen LogP contribution in [-0.4, -0.2) is 36.1 Å². The van der Waals surface area contributed by atoms with Crippen LogP contribution >= 0.6 is 0 Å². The Hall–Kier alpha value is -2.30. The Kier molecular flexibility index (Phi) is 5.60. The molecule has 1 atom stereocenters. The maximum Gasteiger partial charge on any atom is 0.323 e. The second-order valence-electron chi connectivity index (χ2n) is 4.07. The highest BCUT2D eigenvalue weighted by atomic mass is 16.4. The molecule has 0 aliphatic heterocycles. The Morgan fingerprint density at radius 3 is 2.58 bits per heavy atom. The van der Waals surface area contributed by atoms with Gasteiger partial charge in [0.1, 0.15) is 12.6 Å². The fourth-order valence-electron chi connectivity index (χ4n) is 1.68.